The normalized spacial score (nSPS) is 13.5. The maximum Gasteiger partial charge on any atom is 0.0626 e. The van der Waals surface area contributed by atoms with Crippen LogP contribution in [0, 0.1) is 13.8 Å². The summed E-state index contributed by atoms with van der Waals surface area (Å²) in [5, 5.41) is 4.27. The van der Waals surface area contributed by atoms with Crippen molar-refractivity contribution in [3.63, 3.8) is 0 Å². The highest BCUT2D eigenvalue weighted by Gasteiger charge is 2.11. The molecule has 1 aromatic rings. The zero-order valence-corrected chi connectivity index (χ0v) is 7.55. The first kappa shape index (κ1) is 8.27. The zero-order valence-electron chi connectivity index (χ0n) is 7.55. The van der Waals surface area contributed by atoms with Gasteiger partial charge in [-0.1, -0.05) is 0 Å². The number of aromatic nitrogens is 2. The van der Waals surface area contributed by atoms with Gasteiger partial charge in [0.1, 0.15) is 0 Å². The summed E-state index contributed by atoms with van der Waals surface area (Å²) in [4.78, 5) is 0. The third-order valence-electron chi connectivity index (χ3n) is 2.01. The molecule has 62 valence electrons. The summed E-state index contributed by atoms with van der Waals surface area (Å²) >= 11 is 0. The molecule has 0 fully saturated rings. The average molecular weight is 153 g/mol. The molecule has 1 rings (SSSR count). The van der Waals surface area contributed by atoms with Gasteiger partial charge in [-0.15, -0.1) is 0 Å². The molecule has 0 saturated heterocycles. The molecule has 0 aliphatic carbocycles. The molecule has 2 N–H and O–H groups in total. The summed E-state index contributed by atoms with van der Waals surface area (Å²) in [5.74, 6) is 0. The van der Waals surface area contributed by atoms with Gasteiger partial charge in [-0.25, -0.2) is 0 Å². The van der Waals surface area contributed by atoms with Gasteiger partial charge in [0.25, 0.3) is 0 Å². The predicted molar refractivity (Wildman–Crippen MR) is 45.3 cm³/mol. The van der Waals surface area contributed by atoms with Crippen LogP contribution in [0.4, 0.5) is 0 Å². The van der Waals surface area contributed by atoms with Crippen molar-refractivity contribution < 1.29 is 0 Å². The molecule has 0 aliphatic heterocycles. The van der Waals surface area contributed by atoms with Gasteiger partial charge < -0.3 is 5.73 Å². The molecule has 0 unspecified atom stereocenters. The van der Waals surface area contributed by atoms with E-state index in [-0.39, 0.29) is 6.04 Å². The second-order valence-electron chi connectivity index (χ2n) is 3.01. The van der Waals surface area contributed by atoms with Gasteiger partial charge >= 0.3 is 0 Å². The van der Waals surface area contributed by atoms with Crippen LogP contribution < -0.4 is 5.73 Å². The molecule has 0 bridgehead atoms. The topological polar surface area (TPSA) is 43.8 Å². The van der Waals surface area contributed by atoms with Gasteiger partial charge in [0, 0.05) is 13.1 Å². The number of nitrogens with zero attached hydrogens (tertiary/aromatic N) is 2. The SMILES string of the molecule is Cc1nn(C)c([C@H](C)N)c1C. The van der Waals surface area contributed by atoms with Crippen molar-refractivity contribution in [3.05, 3.63) is 17.0 Å². The van der Waals surface area contributed by atoms with E-state index < -0.39 is 0 Å². The van der Waals surface area contributed by atoms with E-state index in [0.29, 0.717) is 0 Å². The summed E-state index contributed by atoms with van der Waals surface area (Å²) in [6.45, 7) is 6.03. The summed E-state index contributed by atoms with van der Waals surface area (Å²) < 4.78 is 1.86. The van der Waals surface area contributed by atoms with E-state index in [9.17, 15) is 0 Å². The Hall–Kier alpha value is -0.830. The van der Waals surface area contributed by atoms with Gasteiger partial charge in [0.2, 0.25) is 0 Å². The smallest absolute Gasteiger partial charge is 0.0626 e. The van der Waals surface area contributed by atoms with E-state index in [1.807, 2.05) is 25.6 Å². The second kappa shape index (κ2) is 2.66. The van der Waals surface area contributed by atoms with Crippen molar-refractivity contribution in [2.75, 3.05) is 0 Å². The molecule has 1 atom stereocenters. The monoisotopic (exact) mass is 153 g/mol. The fourth-order valence-electron chi connectivity index (χ4n) is 1.42. The predicted octanol–water partition coefficient (Wildman–Crippen LogP) is 1.06. The van der Waals surface area contributed by atoms with Crippen molar-refractivity contribution in [1.82, 2.24) is 9.78 Å². The Morgan fingerprint density at radius 3 is 2.18 bits per heavy atom. The van der Waals surface area contributed by atoms with E-state index >= 15 is 0 Å². The molecule has 0 saturated carbocycles. The third kappa shape index (κ3) is 1.28. The molecular weight excluding hydrogens is 138 g/mol. The maximum absolute atomic E-state index is 5.77. The largest absolute Gasteiger partial charge is 0.323 e. The van der Waals surface area contributed by atoms with Crippen LogP contribution in [0.2, 0.25) is 0 Å². The lowest BCUT2D eigenvalue weighted by Gasteiger charge is -2.06. The van der Waals surface area contributed by atoms with Crippen LogP contribution in [0.5, 0.6) is 0 Å². The van der Waals surface area contributed by atoms with E-state index in [1.165, 1.54) is 5.56 Å². The molecule has 3 nitrogen and oxygen atoms in total. The first-order valence-electron chi connectivity index (χ1n) is 3.79. The Morgan fingerprint density at radius 2 is 2.00 bits per heavy atom. The minimum Gasteiger partial charge on any atom is -0.323 e. The highest BCUT2D eigenvalue weighted by molar-refractivity contribution is 5.25. The molecule has 0 amide bonds. The molecule has 0 aromatic carbocycles. The van der Waals surface area contributed by atoms with Crippen molar-refractivity contribution >= 4 is 0 Å². The van der Waals surface area contributed by atoms with E-state index in [2.05, 4.69) is 12.0 Å². The Kier molecular flexibility index (Phi) is 2.00. The summed E-state index contributed by atoms with van der Waals surface area (Å²) in [6.07, 6.45) is 0. The van der Waals surface area contributed by atoms with Crippen LogP contribution in [-0.2, 0) is 7.05 Å². The zero-order chi connectivity index (χ0) is 8.59. The van der Waals surface area contributed by atoms with Crippen molar-refractivity contribution in [2.45, 2.75) is 26.8 Å². The average Bonchev–Trinajstić information content (AvgIpc) is 2.07. The molecular formula is C8H15N3. The quantitative estimate of drug-likeness (QED) is 0.655. The Morgan fingerprint density at radius 1 is 1.45 bits per heavy atom. The number of rotatable bonds is 1. The van der Waals surface area contributed by atoms with Crippen LogP contribution in [0.15, 0.2) is 0 Å². The maximum atomic E-state index is 5.77. The van der Waals surface area contributed by atoms with E-state index in [0.717, 1.165) is 11.4 Å². The Bertz CT molecular complexity index is 261. The summed E-state index contributed by atoms with van der Waals surface area (Å²) in [6, 6.07) is 0.0706. The van der Waals surface area contributed by atoms with Crippen molar-refractivity contribution in [2.24, 2.45) is 12.8 Å². The first-order valence-corrected chi connectivity index (χ1v) is 3.79. The first-order chi connectivity index (χ1) is 5.04. The Labute approximate surface area is 67.2 Å². The second-order valence-corrected chi connectivity index (χ2v) is 3.01. The number of hydrogen-bond donors (Lipinski definition) is 1. The lowest BCUT2D eigenvalue weighted by Crippen LogP contribution is -2.11. The number of hydrogen-bond acceptors (Lipinski definition) is 2. The highest BCUT2D eigenvalue weighted by atomic mass is 15.3. The van der Waals surface area contributed by atoms with Crippen LogP contribution >= 0.6 is 0 Å². The van der Waals surface area contributed by atoms with Crippen molar-refractivity contribution in [3.8, 4) is 0 Å². The molecule has 0 radical (unpaired) electrons. The van der Waals surface area contributed by atoms with Crippen LogP contribution in [-0.4, -0.2) is 9.78 Å². The Balaban J connectivity index is 3.22. The third-order valence-corrected chi connectivity index (χ3v) is 2.01. The lowest BCUT2D eigenvalue weighted by atomic mass is 10.1. The molecule has 11 heavy (non-hydrogen) atoms. The lowest BCUT2D eigenvalue weighted by molar-refractivity contribution is 0.649. The van der Waals surface area contributed by atoms with Gasteiger partial charge in [0.05, 0.1) is 11.4 Å². The minimum absolute atomic E-state index is 0.0706. The molecule has 0 aliphatic rings. The van der Waals surface area contributed by atoms with E-state index in [1.54, 1.807) is 0 Å². The number of aryl methyl sites for hydroxylation is 2. The van der Waals surface area contributed by atoms with Crippen molar-refractivity contribution in [1.29, 1.82) is 0 Å². The fourth-order valence-corrected chi connectivity index (χ4v) is 1.42. The molecule has 1 aromatic heterocycles. The van der Waals surface area contributed by atoms with Crippen LogP contribution in [0.3, 0.4) is 0 Å². The minimum atomic E-state index is 0.0706. The van der Waals surface area contributed by atoms with Gasteiger partial charge in [0.15, 0.2) is 0 Å². The summed E-state index contributed by atoms with van der Waals surface area (Å²) in [5.41, 5.74) is 9.18. The molecule has 3 heteroatoms. The standard InChI is InChI=1S/C8H15N3/c1-5-7(3)10-11(4)8(5)6(2)9/h6H,9H2,1-4H3/t6-/m0/s1. The molecule has 1 heterocycles. The van der Waals surface area contributed by atoms with Crippen LogP contribution in [0.25, 0.3) is 0 Å². The van der Waals surface area contributed by atoms with Gasteiger partial charge in [-0.05, 0) is 26.3 Å². The number of nitrogens with two attached hydrogens (primary N) is 1. The van der Waals surface area contributed by atoms with Gasteiger partial charge in [-0.2, -0.15) is 5.10 Å². The highest BCUT2D eigenvalue weighted by Crippen LogP contribution is 2.16. The van der Waals surface area contributed by atoms with E-state index in [4.69, 9.17) is 5.73 Å². The summed E-state index contributed by atoms with van der Waals surface area (Å²) in [7, 11) is 1.93. The molecule has 0 spiro atoms. The fraction of sp³-hybridized carbons (Fsp3) is 0.625. The van der Waals surface area contributed by atoms with Crippen LogP contribution in [0.1, 0.15) is 29.9 Å². The van der Waals surface area contributed by atoms with Gasteiger partial charge in [-0.3, -0.25) is 4.68 Å².